The molecule has 1 fully saturated rings. The summed E-state index contributed by atoms with van der Waals surface area (Å²) in [4.78, 5) is 16.2. The topological polar surface area (TPSA) is 97.6 Å². The number of hydrogen-bond donors (Lipinski definition) is 3. The molecule has 2 heterocycles. The van der Waals surface area contributed by atoms with Gasteiger partial charge in [-0.15, -0.1) is 0 Å². The molecule has 0 spiro atoms. The molecule has 1 saturated heterocycles. The fourth-order valence-corrected chi connectivity index (χ4v) is 1.74. The molecule has 1 aliphatic rings. The Labute approximate surface area is 105 Å². The molecule has 8 nitrogen and oxygen atoms in total. The van der Waals surface area contributed by atoms with Gasteiger partial charge in [0.15, 0.2) is 0 Å². The van der Waals surface area contributed by atoms with Gasteiger partial charge in [-0.1, -0.05) is 0 Å². The Morgan fingerprint density at radius 3 is 2.28 bits per heavy atom. The summed E-state index contributed by atoms with van der Waals surface area (Å²) in [7, 11) is 5.41. The predicted molar refractivity (Wildman–Crippen MR) is 67.9 cm³/mol. The quantitative estimate of drug-likeness (QED) is 0.601. The third kappa shape index (κ3) is 2.44. The molecule has 1 aromatic rings. The summed E-state index contributed by atoms with van der Waals surface area (Å²) in [6.07, 6.45) is -1.52. The van der Waals surface area contributed by atoms with Gasteiger partial charge in [-0.3, -0.25) is 0 Å². The molecule has 2 atom stereocenters. The van der Waals surface area contributed by atoms with Crippen LogP contribution in [0.15, 0.2) is 0 Å². The van der Waals surface area contributed by atoms with Gasteiger partial charge in [-0.05, 0) is 0 Å². The number of aromatic nitrogens is 3. The minimum atomic E-state index is -0.761. The van der Waals surface area contributed by atoms with Gasteiger partial charge in [0.25, 0.3) is 0 Å². The Morgan fingerprint density at radius 1 is 1.17 bits per heavy atom. The van der Waals surface area contributed by atoms with Crippen LogP contribution in [0.5, 0.6) is 0 Å². The molecule has 2 unspecified atom stereocenters. The highest BCUT2D eigenvalue weighted by molar-refractivity contribution is 5.45. The summed E-state index contributed by atoms with van der Waals surface area (Å²) in [5.41, 5.74) is 0. The first-order valence-corrected chi connectivity index (χ1v) is 5.73. The number of aliphatic hydroxyl groups excluding tert-OH is 2. The van der Waals surface area contributed by atoms with E-state index in [1.165, 1.54) is 0 Å². The van der Waals surface area contributed by atoms with Crippen molar-refractivity contribution in [2.24, 2.45) is 0 Å². The van der Waals surface area contributed by atoms with Crippen molar-refractivity contribution in [1.82, 2.24) is 15.0 Å². The van der Waals surface area contributed by atoms with E-state index in [-0.39, 0.29) is 0 Å². The molecule has 2 rings (SSSR count). The number of anilines is 3. The van der Waals surface area contributed by atoms with Crippen molar-refractivity contribution in [2.45, 2.75) is 12.2 Å². The molecular weight excluding hydrogens is 236 g/mol. The molecule has 0 amide bonds. The Morgan fingerprint density at radius 2 is 1.78 bits per heavy atom. The summed E-state index contributed by atoms with van der Waals surface area (Å²) >= 11 is 0. The lowest BCUT2D eigenvalue weighted by molar-refractivity contribution is 0.0572. The fourth-order valence-electron chi connectivity index (χ4n) is 1.74. The SMILES string of the molecule is CNc1nc(N(C)C)nc(N2CC(O)C(O)C2)n1. The maximum Gasteiger partial charge on any atom is 0.232 e. The van der Waals surface area contributed by atoms with Gasteiger partial charge in [0.05, 0.1) is 12.2 Å². The summed E-state index contributed by atoms with van der Waals surface area (Å²) in [5.74, 6) is 1.44. The van der Waals surface area contributed by atoms with Crippen LogP contribution in [0.1, 0.15) is 0 Å². The van der Waals surface area contributed by atoms with Gasteiger partial charge in [0.2, 0.25) is 17.8 Å². The molecule has 0 aromatic carbocycles. The Hall–Kier alpha value is -1.67. The van der Waals surface area contributed by atoms with Crippen molar-refractivity contribution in [2.75, 3.05) is 49.3 Å². The van der Waals surface area contributed by atoms with Crippen LogP contribution in [-0.4, -0.2) is 71.6 Å². The zero-order chi connectivity index (χ0) is 13.3. The van der Waals surface area contributed by atoms with E-state index < -0.39 is 12.2 Å². The molecule has 18 heavy (non-hydrogen) atoms. The Bertz CT molecular complexity index is 417. The van der Waals surface area contributed by atoms with Crippen LogP contribution >= 0.6 is 0 Å². The van der Waals surface area contributed by atoms with Crippen molar-refractivity contribution < 1.29 is 10.2 Å². The largest absolute Gasteiger partial charge is 0.388 e. The number of hydrogen-bond acceptors (Lipinski definition) is 8. The average Bonchev–Trinajstić information content (AvgIpc) is 2.69. The number of nitrogens with zero attached hydrogens (tertiary/aromatic N) is 5. The second-order valence-electron chi connectivity index (χ2n) is 4.44. The highest BCUT2D eigenvalue weighted by Gasteiger charge is 2.31. The third-order valence-electron chi connectivity index (χ3n) is 2.78. The van der Waals surface area contributed by atoms with Crippen LogP contribution in [-0.2, 0) is 0 Å². The molecule has 0 saturated carbocycles. The predicted octanol–water partition coefficient (Wildman–Crippen LogP) is -1.48. The molecule has 100 valence electrons. The number of aliphatic hydroxyl groups is 2. The lowest BCUT2D eigenvalue weighted by Gasteiger charge is -2.18. The number of nitrogens with one attached hydrogen (secondary N) is 1. The van der Waals surface area contributed by atoms with Crippen molar-refractivity contribution in [3.63, 3.8) is 0 Å². The average molecular weight is 254 g/mol. The second kappa shape index (κ2) is 4.91. The Balaban J connectivity index is 2.30. The molecule has 0 radical (unpaired) electrons. The van der Waals surface area contributed by atoms with Crippen LogP contribution in [0.4, 0.5) is 17.8 Å². The molecule has 1 aliphatic heterocycles. The maximum atomic E-state index is 9.55. The van der Waals surface area contributed by atoms with Crippen molar-refractivity contribution >= 4 is 17.8 Å². The van der Waals surface area contributed by atoms with E-state index in [1.807, 2.05) is 14.1 Å². The molecule has 8 heteroatoms. The number of rotatable bonds is 3. The molecule has 1 aromatic heterocycles. The number of β-amino-alcohol motifs (C(OH)–C–C–N with tert-alkyl or cyclic N) is 2. The minimum absolute atomic E-state index is 0.321. The summed E-state index contributed by atoms with van der Waals surface area (Å²) < 4.78 is 0. The van der Waals surface area contributed by atoms with Gasteiger partial charge in [0.1, 0.15) is 0 Å². The fraction of sp³-hybridized carbons (Fsp3) is 0.700. The first kappa shape index (κ1) is 12.8. The zero-order valence-electron chi connectivity index (χ0n) is 10.7. The monoisotopic (exact) mass is 254 g/mol. The molecule has 3 N–H and O–H groups in total. The summed E-state index contributed by atoms with van der Waals surface area (Å²) in [6.45, 7) is 0.641. The van der Waals surface area contributed by atoms with E-state index in [0.29, 0.717) is 30.9 Å². The van der Waals surface area contributed by atoms with Crippen molar-refractivity contribution in [1.29, 1.82) is 0 Å². The van der Waals surface area contributed by atoms with Crippen LogP contribution in [0.25, 0.3) is 0 Å². The molecule has 0 aliphatic carbocycles. The van der Waals surface area contributed by atoms with E-state index in [1.54, 1.807) is 16.8 Å². The van der Waals surface area contributed by atoms with Crippen LogP contribution < -0.4 is 15.1 Å². The first-order valence-electron chi connectivity index (χ1n) is 5.73. The summed E-state index contributed by atoms with van der Waals surface area (Å²) in [5, 5.41) is 22.0. The smallest absolute Gasteiger partial charge is 0.232 e. The van der Waals surface area contributed by atoms with Gasteiger partial charge >= 0.3 is 0 Å². The lowest BCUT2D eigenvalue weighted by Crippen LogP contribution is -2.25. The normalized spacial score (nSPS) is 23.3. The van der Waals surface area contributed by atoms with Gasteiger partial charge < -0.3 is 25.3 Å². The van der Waals surface area contributed by atoms with E-state index in [4.69, 9.17) is 0 Å². The van der Waals surface area contributed by atoms with E-state index in [9.17, 15) is 10.2 Å². The highest BCUT2D eigenvalue weighted by atomic mass is 16.3. The Kier molecular flexibility index (Phi) is 3.48. The molecular formula is C10H18N6O2. The van der Waals surface area contributed by atoms with E-state index in [2.05, 4.69) is 20.3 Å². The second-order valence-corrected chi connectivity index (χ2v) is 4.44. The van der Waals surface area contributed by atoms with Crippen LogP contribution in [0.2, 0.25) is 0 Å². The van der Waals surface area contributed by atoms with E-state index in [0.717, 1.165) is 0 Å². The molecule has 0 bridgehead atoms. The maximum absolute atomic E-state index is 9.55. The van der Waals surface area contributed by atoms with Gasteiger partial charge in [-0.25, -0.2) is 0 Å². The van der Waals surface area contributed by atoms with Crippen molar-refractivity contribution in [3.8, 4) is 0 Å². The lowest BCUT2D eigenvalue weighted by atomic mass is 10.3. The van der Waals surface area contributed by atoms with Gasteiger partial charge in [0, 0.05) is 34.2 Å². The van der Waals surface area contributed by atoms with Crippen LogP contribution in [0.3, 0.4) is 0 Å². The first-order chi connectivity index (χ1) is 8.51. The van der Waals surface area contributed by atoms with Crippen LogP contribution in [0, 0.1) is 0 Å². The third-order valence-corrected chi connectivity index (χ3v) is 2.78. The zero-order valence-corrected chi connectivity index (χ0v) is 10.7. The minimum Gasteiger partial charge on any atom is -0.388 e. The standard InChI is InChI=1S/C10H18N6O2/c1-11-8-12-9(15(2)3)14-10(13-8)16-4-6(17)7(18)5-16/h6-7,17-18H,4-5H2,1-3H3,(H,11,12,13,14). The van der Waals surface area contributed by atoms with Crippen molar-refractivity contribution in [3.05, 3.63) is 0 Å². The van der Waals surface area contributed by atoms with E-state index >= 15 is 0 Å². The van der Waals surface area contributed by atoms with Gasteiger partial charge in [-0.2, -0.15) is 15.0 Å². The highest BCUT2D eigenvalue weighted by Crippen LogP contribution is 2.19. The summed E-state index contributed by atoms with van der Waals surface area (Å²) in [6, 6.07) is 0.